The average molecular weight is 512 g/mol. The molecule has 3 aromatic rings. The van der Waals surface area contributed by atoms with Gasteiger partial charge < -0.3 is 9.47 Å². The number of fused-ring (bicyclic) bond motifs is 1. The van der Waals surface area contributed by atoms with E-state index in [-0.39, 0.29) is 28.8 Å². The topological polar surface area (TPSA) is 89.0 Å². The molecule has 0 N–H and O–H groups in total. The van der Waals surface area contributed by atoms with Crippen molar-refractivity contribution in [1.29, 1.82) is 0 Å². The second-order valence-corrected chi connectivity index (χ2v) is 10.5. The second kappa shape index (κ2) is 10.8. The summed E-state index contributed by atoms with van der Waals surface area (Å²) in [5.74, 6) is 0.299. The molecule has 33 heavy (non-hydrogen) atoms. The molecule has 0 spiro atoms. The van der Waals surface area contributed by atoms with Crippen molar-refractivity contribution in [2.24, 2.45) is 0 Å². The molecule has 0 unspecified atom stereocenters. The Morgan fingerprint density at radius 1 is 1.21 bits per heavy atom. The predicted molar refractivity (Wildman–Crippen MR) is 132 cm³/mol. The molecule has 2 heterocycles. The monoisotopic (exact) mass is 511 g/mol. The van der Waals surface area contributed by atoms with Crippen molar-refractivity contribution in [3.63, 3.8) is 0 Å². The molecule has 0 aliphatic carbocycles. The van der Waals surface area contributed by atoms with Crippen molar-refractivity contribution in [3.05, 3.63) is 48.0 Å². The van der Waals surface area contributed by atoms with E-state index in [1.165, 1.54) is 17.4 Å². The van der Waals surface area contributed by atoms with Gasteiger partial charge in [0.1, 0.15) is 5.75 Å². The number of benzene rings is 2. The number of anilines is 1. The number of ether oxygens (including phenoxy) is 2. The van der Waals surface area contributed by atoms with Crippen LogP contribution >= 0.6 is 23.7 Å². The third-order valence-electron chi connectivity index (χ3n) is 5.32. The van der Waals surface area contributed by atoms with Gasteiger partial charge in [0.25, 0.3) is 5.91 Å². The largest absolute Gasteiger partial charge is 0.497 e. The number of hydrogen-bond donors (Lipinski definition) is 0. The highest BCUT2D eigenvalue weighted by Crippen LogP contribution is 2.32. The molecular weight excluding hydrogens is 486 g/mol. The molecule has 2 aromatic carbocycles. The molecular formula is C22H26ClN3O5S2. The zero-order valence-electron chi connectivity index (χ0n) is 18.4. The Hall–Kier alpha value is -2.24. The molecule has 1 fully saturated rings. The van der Waals surface area contributed by atoms with Crippen LogP contribution in [0.25, 0.3) is 10.2 Å². The molecule has 1 amide bonds. The molecule has 178 valence electrons. The van der Waals surface area contributed by atoms with Gasteiger partial charge in [0.05, 0.1) is 41.0 Å². The van der Waals surface area contributed by atoms with E-state index in [0.29, 0.717) is 37.2 Å². The number of nitrogens with zero attached hydrogens (tertiary/aromatic N) is 3. The van der Waals surface area contributed by atoms with E-state index in [1.54, 1.807) is 30.2 Å². The van der Waals surface area contributed by atoms with Crippen LogP contribution in [0.15, 0.2) is 47.4 Å². The highest BCUT2D eigenvalue weighted by molar-refractivity contribution is 7.90. The first kappa shape index (κ1) is 25.4. The first-order valence-corrected chi connectivity index (χ1v) is 12.9. The van der Waals surface area contributed by atoms with Gasteiger partial charge in [-0.1, -0.05) is 23.5 Å². The normalized spacial score (nSPS) is 14.6. The Morgan fingerprint density at radius 2 is 1.94 bits per heavy atom. The molecule has 1 aliphatic heterocycles. The Kier molecular flexibility index (Phi) is 8.30. The third-order valence-corrected chi connectivity index (χ3v) is 7.53. The van der Waals surface area contributed by atoms with Gasteiger partial charge >= 0.3 is 0 Å². The summed E-state index contributed by atoms with van der Waals surface area (Å²) in [6.07, 6.45) is 1.11. The predicted octanol–water partition coefficient (Wildman–Crippen LogP) is 3.11. The molecule has 0 saturated carbocycles. The molecule has 8 nitrogen and oxygen atoms in total. The lowest BCUT2D eigenvalue weighted by Crippen LogP contribution is -2.43. The Morgan fingerprint density at radius 3 is 2.64 bits per heavy atom. The van der Waals surface area contributed by atoms with E-state index in [0.717, 1.165) is 29.6 Å². The van der Waals surface area contributed by atoms with E-state index < -0.39 is 9.84 Å². The molecule has 11 heteroatoms. The van der Waals surface area contributed by atoms with Crippen molar-refractivity contribution in [3.8, 4) is 5.75 Å². The summed E-state index contributed by atoms with van der Waals surface area (Å²) in [5, 5.41) is 0.523. The average Bonchev–Trinajstić information content (AvgIpc) is 3.22. The summed E-state index contributed by atoms with van der Waals surface area (Å²) in [6.45, 7) is 3.92. The number of hydrogen-bond acceptors (Lipinski definition) is 8. The minimum atomic E-state index is -3.57. The summed E-state index contributed by atoms with van der Waals surface area (Å²) in [4.78, 5) is 22.1. The van der Waals surface area contributed by atoms with Gasteiger partial charge in [0.2, 0.25) is 0 Å². The number of halogens is 1. The molecule has 0 atom stereocenters. The van der Waals surface area contributed by atoms with E-state index in [9.17, 15) is 13.2 Å². The zero-order chi connectivity index (χ0) is 22.7. The quantitative estimate of drug-likeness (QED) is 0.481. The number of carbonyl (C=O) groups excluding carboxylic acids is 1. The summed E-state index contributed by atoms with van der Waals surface area (Å²) in [5.41, 5.74) is 0.874. The van der Waals surface area contributed by atoms with Crippen LogP contribution < -0.4 is 9.64 Å². The molecule has 1 aromatic heterocycles. The number of thiazole rings is 1. The van der Waals surface area contributed by atoms with Crippen molar-refractivity contribution < 1.29 is 22.7 Å². The van der Waals surface area contributed by atoms with Crippen molar-refractivity contribution in [1.82, 2.24) is 9.88 Å². The highest BCUT2D eigenvalue weighted by atomic mass is 35.5. The maximum absolute atomic E-state index is 13.6. The van der Waals surface area contributed by atoms with Gasteiger partial charge in [0.15, 0.2) is 15.0 Å². The van der Waals surface area contributed by atoms with Crippen LogP contribution in [-0.4, -0.2) is 77.0 Å². The molecule has 0 bridgehead atoms. The number of amides is 1. The fraction of sp³-hybridized carbons (Fsp3) is 0.364. The first-order valence-electron chi connectivity index (χ1n) is 10.2. The van der Waals surface area contributed by atoms with E-state index >= 15 is 0 Å². The smallest absolute Gasteiger partial charge is 0.261 e. The number of methoxy groups -OCH3 is 1. The van der Waals surface area contributed by atoms with Crippen LogP contribution in [0, 0.1) is 0 Å². The maximum Gasteiger partial charge on any atom is 0.261 e. The van der Waals surface area contributed by atoms with Gasteiger partial charge in [-0.05, 0) is 24.3 Å². The van der Waals surface area contributed by atoms with Crippen LogP contribution in [-0.2, 0) is 14.6 Å². The van der Waals surface area contributed by atoms with Crippen LogP contribution in [0.5, 0.6) is 5.75 Å². The number of aromatic nitrogens is 1. The minimum absolute atomic E-state index is 0. The third kappa shape index (κ3) is 5.82. The molecule has 0 radical (unpaired) electrons. The van der Waals surface area contributed by atoms with Crippen LogP contribution in [0.3, 0.4) is 0 Å². The van der Waals surface area contributed by atoms with Gasteiger partial charge in [-0.2, -0.15) is 0 Å². The highest BCUT2D eigenvalue weighted by Gasteiger charge is 2.27. The summed E-state index contributed by atoms with van der Waals surface area (Å²) >= 11 is 1.39. The van der Waals surface area contributed by atoms with E-state index in [4.69, 9.17) is 9.47 Å². The summed E-state index contributed by atoms with van der Waals surface area (Å²) in [6, 6.07) is 11.9. The Balaban J connectivity index is 0.00000306. The minimum Gasteiger partial charge on any atom is -0.497 e. The van der Waals surface area contributed by atoms with Gasteiger partial charge in [0, 0.05) is 38.5 Å². The Bertz CT molecular complexity index is 1230. The second-order valence-electron chi connectivity index (χ2n) is 7.51. The molecule has 1 aliphatic rings. The number of morpholine rings is 1. The standard InChI is InChI=1S/C22H25N3O5S2.ClH/c1-29-16-7-8-19-18(15-16)23-22(31-19)25(10-9-24-11-13-30-14-12-24)21(26)17-5-3-4-6-20(17)32(2,27)28;/h3-8,15H,9-14H2,1-2H3;1H. The molecule has 4 rings (SSSR count). The molecule has 1 saturated heterocycles. The Labute approximate surface area is 203 Å². The lowest BCUT2D eigenvalue weighted by Gasteiger charge is -2.29. The van der Waals surface area contributed by atoms with E-state index in [2.05, 4.69) is 9.88 Å². The van der Waals surface area contributed by atoms with Gasteiger partial charge in [-0.3, -0.25) is 14.6 Å². The maximum atomic E-state index is 13.6. The first-order chi connectivity index (χ1) is 15.4. The number of rotatable bonds is 7. The lowest BCUT2D eigenvalue weighted by atomic mass is 10.2. The zero-order valence-corrected chi connectivity index (χ0v) is 20.8. The van der Waals surface area contributed by atoms with Crippen LogP contribution in [0.2, 0.25) is 0 Å². The van der Waals surface area contributed by atoms with Crippen molar-refractivity contribution in [2.75, 3.05) is 57.7 Å². The lowest BCUT2D eigenvalue weighted by molar-refractivity contribution is 0.0391. The van der Waals surface area contributed by atoms with Crippen LogP contribution in [0.1, 0.15) is 10.4 Å². The summed E-state index contributed by atoms with van der Waals surface area (Å²) in [7, 11) is -1.98. The fourth-order valence-electron chi connectivity index (χ4n) is 3.60. The SMILES string of the molecule is COc1ccc2sc(N(CCN3CCOCC3)C(=O)c3ccccc3S(C)(=O)=O)nc2c1.Cl. The number of sulfone groups is 1. The van der Waals surface area contributed by atoms with Crippen LogP contribution in [0.4, 0.5) is 5.13 Å². The van der Waals surface area contributed by atoms with Gasteiger partial charge in [-0.15, -0.1) is 12.4 Å². The van der Waals surface area contributed by atoms with Crippen molar-refractivity contribution >= 4 is 54.8 Å². The number of carbonyl (C=O) groups is 1. The van der Waals surface area contributed by atoms with Gasteiger partial charge in [-0.25, -0.2) is 13.4 Å². The van der Waals surface area contributed by atoms with Crippen molar-refractivity contribution in [2.45, 2.75) is 4.90 Å². The summed E-state index contributed by atoms with van der Waals surface area (Å²) < 4.78 is 36.2. The van der Waals surface area contributed by atoms with E-state index in [1.807, 2.05) is 18.2 Å². The fourth-order valence-corrected chi connectivity index (χ4v) is 5.45.